The molecule has 346 valence electrons. The Hall–Kier alpha value is -6.09. The molecule has 0 aromatic heterocycles. The van der Waals surface area contributed by atoms with Crippen LogP contribution in [0.5, 0.6) is 5.75 Å². The van der Waals surface area contributed by atoms with Crippen LogP contribution >= 0.6 is 11.6 Å². The smallest absolute Gasteiger partial charge is 0.342 e. The van der Waals surface area contributed by atoms with Crippen molar-refractivity contribution in [3.8, 4) is 5.75 Å². The van der Waals surface area contributed by atoms with Gasteiger partial charge in [0.1, 0.15) is 24.5 Å². The molecule has 0 spiro atoms. The molecule has 0 N–H and O–H groups in total. The van der Waals surface area contributed by atoms with E-state index in [4.69, 9.17) is 21.1 Å². The van der Waals surface area contributed by atoms with Crippen molar-refractivity contribution in [2.45, 2.75) is 83.6 Å². The Morgan fingerprint density at radius 2 is 1.11 bits per heavy atom. The molecule has 0 aliphatic carbocycles. The molecular weight excluding hydrogens is 899 g/mol. The Morgan fingerprint density at radius 3 is 1.64 bits per heavy atom. The first kappa shape index (κ1) is 49.3. The van der Waals surface area contributed by atoms with Gasteiger partial charge in [0.25, 0.3) is 0 Å². The minimum atomic E-state index is -5.69. The lowest BCUT2D eigenvalue weighted by Gasteiger charge is -2.30. The Kier molecular flexibility index (Phi) is 15.1. The fraction of sp³-hybridized carbons (Fsp3) is 0.255. The predicted molar refractivity (Wildman–Crippen MR) is 243 cm³/mol. The van der Waals surface area contributed by atoms with E-state index in [1.165, 1.54) is 47.4 Å². The van der Waals surface area contributed by atoms with E-state index in [0.717, 1.165) is 22.3 Å². The average molecular weight is 947 g/mol. The standard InChI is InChI=1S/C51H48ClF5N2O6S/c1-50(2,3)36-23-35(24-37(25-36)51(4,5)6)28-59(39-21-22-40(49(61)65-31-34-15-11-8-12-16-34)41(26-39)64-30-33-13-9-7-10-14-33)42(60)29-58(27-32-17-19-38(52)20-18-32)66(62,63)48-46(56)44(54)43(53)45(55)47(48)57/h7-26H,27-31H2,1-6H3. The monoisotopic (exact) mass is 946 g/mol. The van der Waals surface area contributed by atoms with E-state index in [9.17, 15) is 26.4 Å². The van der Waals surface area contributed by atoms with Gasteiger partial charge in [0.05, 0.1) is 13.1 Å². The van der Waals surface area contributed by atoms with E-state index in [1.54, 1.807) is 36.4 Å². The van der Waals surface area contributed by atoms with Crippen LogP contribution in [0.4, 0.5) is 27.6 Å². The number of sulfonamides is 1. The molecule has 6 aromatic carbocycles. The number of carbonyl (C=O) groups excluding carboxylic acids is 2. The van der Waals surface area contributed by atoms with Gasteiger partial charge in [0.2, 0.25) is 21.7 Å². The number of amides is 1. The van der Waals surface area contributed by atoms with Crippen molar-refractivity contribution < 1.29 is 49.4 Å². The largest absolute Gasteiger partial charge is 0.488 e. The minimum Gasteiger partial charge on any atom is -0.488 e. The quantitative estimate of drug-likeness (QED) is 0.0441. The highest BCUT2D eigenvalue weighted by Crippen LogP contribution is 2.35. The number of rotatable bonds is 15. The molecule has 0 atom stereocenters. The predicted octanol–water partition coefficient (Wildman–Crippen LogP) is 12.0. The van der Waals surface area contributed by atoms with Gasteiger partial charge in [-0.3, -0.25) is 4.79 Å². The second kappa shape index (κ2) is 20.2. The van der Waals surface area contributed by atoms with Crippen molar-refractivity contribution in [2.75, 3.05) is 11.4 Å². The molecule has 0 heterocycles. The summed E-state index contributed by atoms with van der Waals surface area (Å²) in [6, 6.07) is 33.7. The van der Waals surface area contributed by atoms with Gasteiger partial charge in [0.15, 0.2) is 28.2 Å². The van der Waals surface area contributed by atoms with Gasteiger partial charge in [-0.1, -0.05) is 144 Å². The Labute approximate surface area is 386 Å². The van der Waals surface area contributed by atoms with Crippen LogP contribution in [0.3, 0.4) is 0 Å². The molecule has 0 aliphatic heterocycles. The second-order valence-electron chi connectivity index (χ2n) is 17.7. The second-order valence-corrected chi connectivity index (χ2v) is 20.0. The van der Waals surface area contributed by atoms with E-state index in [2.05, 4.69) is 6.07 Å². The summed E-state index contributed by atoms with van der Waals surface area (Å²) in [6.07, 6.45) is 0. The third-order valence-electron chi connectivity index (χ3n) is 10.7. The zero-order valence-electron chi connectivity index (χ0n) is 37.1. The molecule has 0 unspecified atom stereocenters. The molecule has 0 aliphatic rings. The molecule has 8 nitrogen and oxygen atoms in total. The SMILES string of the molecule is CC(C)(C)c1cc(CN(C(=O)CN(Cc2ccc(Cl)cc2)S(=O)(=O)c2c(F)c(F)c(F)c(F)c2F)c2ccc(C(=O)OCc3ccccc3)c(OCc3ccccc3)c2)cc(C(C)(C)C)c1. The summed E-state index contributed by atoms with van der Waals surface area (Å²) < 4.78 is 115. The third kappa shape index (κ3) is 11.6. The molecule has 0 bridgehead atoms. The van der Waals surface area contributed by atoms with Crippen LogP contribution in [-0.2, 0) is 56.7 Å². The highest BCUT2D eigenvalue weighted by molar-refractivity contribution is 7.89. The van der Waals surface area contributed by atoms with Gasteiger partial charge in [-0.05, 0) is 68.5 Å². The van der Waals surface area contributed by atoms with Gasteiger partial charge in [-0.15, -0.1) is 0 Å². The Bertz CT molecular complexity index is 2770. The summed E-state index contributed by atoms with van der Waals surface area (Å²) in [7, 11) is -5.69. The first-order valence-corrected chi connectivity index (χ1v) is 22.6. The number of nitrogens with zero attached hydrogens (tertiary/aromatic N) is 2. The molecule has 66 heavy (non-hydrogen) atoms. The third-order valence-corrected chi connectivity index (χ3v) is 12.7. The van der Waals surface area contributed by atoms with Gasteiger partial charge in [-0.25, -0.2) is 35.2 Å². The van der Waals surface area contributed by atoms with Crippen LogP contribution in [0, 0.1) is 29.1 Å². The first-order chi connectivity index (χ1) is 31.0. The van der Waals surface area contributed by atoms with E-state index >= 15 is 13.6 Å². The molecule has 6 aromatic rings. The fourth-order valence-corrected chi connectivity index (χ4v) is 8.47. The number of hydrogen-bond donors (Lipinski definition) is 0. The number of carbonyl (C=O) groups is 2. The van der Waals surface area contributed by atoms with Crippen molar-refractivity contribution in [3.05, 3.63) is 194 Å². The summed E-state index contributed by atoms with van der Waals surface area (Å²) in [5.74, 6) is -14.4. The van der Waals surface area contributed by atoms with Crippen molar-refractivity contribution in [3.63, 3.8) is 0 Å². The number of hydrogen-bond acceptors (Lipinski definition) is 6. The van der Waals surface area contributed by atoms with E-state index < -0.39 is 69.0 Å². The van der Waals surface area contributed by atoms with E-state index in [-0.39, 0.29) is 58.2 Å². The van der Waals surface area contributed by atoms with Gasteiger partial charge >= 0.3 is 5.97 Å². The van der Waals surface area contributed by atoms with Crippen molar-refractivity contribution >= 4 is 39.2 Å². The summed E-state index contributed by atoms with van der Waals surface area (Å²) in [5, 5.41) is 0.250. The minimum absolute atomic E-state index is 0.000941. The van der Waals surface area contributed by atoms with Crippen LogP contribution in [-0.4, -0.2) is 31.1 Å². The maximum atomic E-state index is 15.4. The zero-order chi connectivity index (χ0) is 48.1. The number of benzene rings is 6. The first-order valence-electron chi connectivity index (χ1n) is 20.8. The van der Waals surface area contributed by atoms with Gasteiger partial charge in [-0.2, -0.15) is 4.31 Å². The molecule has 0 radical (unpaired) electrons. The fourth-order valence-electron chi connectivity index (χ4n) is 6.85. The van der Waals surface area contributed by atoms with Crippen LogP contribution in [0.25, 0.3) is 0 Å². The van der Waals surface area contributed by atoms with Gasteiger partial charge < -0.3 is 14.4 Å². The van der Waals surface area contributed by atoms with Crippen molar-refractivity contribution in [1.82, 2.24) is 4.31 Å². The van der Waals surface area contributed by atoms with Crippen molar-refractivity contribution in [1.29, 1.82) is 0 Å². The number of anilines is 1. The summed E-state index contributed by atoms with van der Waals surface area (Å²) >= 11 is 6.07. The lowest BCUT2D eigenvalue weighted by molar-refractivity contribution is -0.119. The highest BCUT2D eigenvalue weighted by atomic mass is 35.5. The topological polar surface area (TPSA) is 93.2 Å². The number of esters is 1. The van der Waals surface area contributed by atoms with E-state index in [1.807, 2.05) is 77.9 Å². The van der Waals surface area contributed by atoms with Crippen LogP contribution < -0.4 is 9.64 Å². The zero-order valence-corrected chi connectivity index (χ0v) is 38.7. The van der Waals surface area contributed by atoms with Crippen LogP contribution in [0.15, 0.2) is 126 Å². The molecule has 15 heteroatoms. The lowest BCUT2D eigenvalue weighted by Crippen LogP contribution is -2.43. The van der Waals surface area contributed by atoms with Crippen LogP contribution in [0.1, 0.15) is 85.3 Å². The summed E-state index contributed by atoms with van der Waals surface area (Å²) in [6.45, 7) is 9.88. The average Bonchev–Trinajstić information content (AvgIpc) is 3.28. The maximum Gasteiger partial charge on any atom is 0.342 e. The van der Waals surface area contributed by atoms with Crippen molar-refractivity contribution in [2.24, 2.45) is 0 Å². The van der Waals surface area contributed by atoms with E-state index in [0.29, 0.717) is 9.87 Å². The Morgan fingerprint density at radius 1 is 0.591 bits per heavy atom. The molecule has 0 saturated heterocycles. The molecule has 0 saturated carbocycles. The molecule has 0 fully saturated rings. The Balaban J connectivity index is 1.51. The maximum absolute atomic E-state index is 15.4. The summed E-state index contributed by atoms with van der Waals surface area (Å²) in [5.41, 5.74) is 3.41. The van der Waals surface area contributed by atoms with Gasteiger partial charge in [0, 0.05) is 23.3 Å². The summed E-state index contributed by atoms with van der Waals surface area (Å²) in [4.78, 5) is 27.8. The van der Waals surface area contributed by atoms with Crippen LogP contribution in [0.2, 0.25) is 5.02 Å². The normalized spacial score (nSPS) is 12.0. The molecule has 6 rings (SSSR count). The molecular formula is C51H48ClF5N2O6S. The number of ether oxygens (including phenoxy) is 2. The highest BCUT2D eigenvalue weighted by Gasteiger charge is 2.39. The number of halogens is 6. The lowest BCUT2D eigenvalue weighted by atomic mass is 9.79. The molecule has 1 amide bonds.